The van der Waals surface area contributed by atoms with Gasteiger partial charge in [0.25, 0.3) is 0 Å². The zero-order chi connectivity index (χ0) is 14.3. The van der Waals surface area contributed by atoms with Crippen molar-refractivity contribution in [2.24, 2.45) is 0 Å². The topological polar surface area (TPSA) is 81.4 Å². The van der Waals surface area contributed by atoms with Gasteiger partial charge in [-0.2, -0.15) is 0 Å². The fourth-order valence-corrected chi connectivity index (χ4v) is 2.79. The van der Waals surface area contributed by atoms with Gasteiger partial charge in [0.15, 0.2) is 0 Å². The lowest BCUT2D eigenvalue weighted by Crippen LogP contribution is -2.28. The number of aryl methyl sites for hydroxylation is 1. The molecule has 0 unspecified atom stereocenters. The van der Waals surface area contributed by atoms with Crippen LogP contribution in [0.1, 0.15) is 12.0 Å². The summed E-state index contributed by atoms with van der Waals surface area (Å²) >= 11 is 0. The van der Waals surface area contributed by atoms with Crippen molar-refractivity contribution in [3.63, 3.8) is 0 Å². The van der Waals surface area contributed by atoms with E-state index in [0.29, 0.717) is 24.5 Å². The molecule has 0 radical (unpaired) electrons. The molecule has 0 amide bonds. The molecule has 0 fully saturated rings. The Bertz CT molecular complexity index is 527. The number of anilines is 1. The Kier molecular flexibility index (Phi) is 6.01. The molecule has 1 aromatic rings. The van der Waals surface area contributed by atoms with E-state index >= 15 is 0 Å². The van der Waals surface area contributed by atoms with E-state index in [4.69, 9.17) is 10.5 Å². The van der Waals surface area contributed by atoms with Crippen LogP contribution in [0.4, 0.5) is 5.69 Å². The van der Waals surface area contributed by atoms with Gasteiger partial charge in [-0.15, -0.1) is 6.58 Å². The van der Waals surface area contributed by atoms with Gasteiger partial charge in [-0.3, -0.25) is 0 Å². The van der Waals surface area contributed by atoms with E-state index in [1.807, 2.05) is 0 Å². The molecule has 0 heterocycles. The smallest absolute Gasteiger partial charge is 0.240 e. The van der Waals surface area contributed by atoms with Gasteiger partial charge in [-0.25, -0.2) is 13.1 Å². The molecular formula is C13H20N2O3S. The van der Waals surface area contributed by atoms with Crippen molar-refractivity contribution < 1.29 is 13.2 Å². The normalized spacial score (nSPS) is 11.4. The molecule has 0 aliphatic rings. The lowest BCUT2D eigenvalue weighted by atomic mass is 10.2. The average molecular weight is 284 g/mol. The Morgan fingerprint density at radius 3 is 2.84 bits per heavy atom. The summed E-state index contributed by atoms with van der Waals surface area (Å²) in [5, 5.41) is 0. The van der Waals surface area contributed by atoms with Gasteiger partial charge in [0, 0.05) is 12.2 Å². The second-order valence-electron chi connectivity index (χ2n) is 4.11. The van der Waals surface area contributed by atoms with Gasteiger partial charge in [0.05, 0.1) is 18.1 Å². The largest absolute Gasteiger partial charge is 0.399 e. The van der Waals surface area contributed by atoms with Crippen molar-refractivity contribution in [1.29, 1.82) is 0 Å². The first kappa shape index (κ1) is 15.7. The highest BCUT2D eigenvalue weighted by Crippen LogP contribution is 2.17. The molecule has 0 aliphatic heterocycles. The molecule has 0 spiro atoms. The molecule has 0 atom stereocenters. The predicted molar refractivity (Wildman–Crippen MR) is 76.4 cm³/mol. The van der Waals surface area contributed by atoms with Gasteiger partial charge >= 0.3 is 0 Å². The lowest BCUT2D eigenvalue weighted by Gasteiger charge is -2.10. The number of rotatable bonds is 8. The van der Waals surface area contributed by atoms with E-state index in [1.54, 1.807) is 25.1 Å². The third-order valence-electron chi connectivity index (χ3n) is 2.51. The monoisotopic (exact) mass is 284 g/mol. The van der Waals surface area contributed by atoms with E-state index < -0.39 is 10.0 Å². The number of nitrogen functional groups attached to an aromatic ring is 1. The molecule has 1 aromatic carbocycles. The van der Waals surface area contributed by atoms with Crippen molar-refractivity contribution in [2.75, 3.05) is 25.5 Å². The summed E-state index contributed by atoms with van der Waals surface area (Å²) in [7, 11) is -3.54. The SMILES string of the molecule is C=CCCOCCNS(=O)(=O)c1cc(N)ccc1C. The van der Waals surface area contributed by atoms with Crippen molar-refractivity contribution in [2.45, 2.75) is 18.2 Å². The van der Waals surface area contributed by atoms with E-state index in [2.05, 4.69) is 11.3 Å². The molecular weight excluding hydrogens is 264 g/mol. The first-order valence-corrected chi connectivity index (χ1v) is 7.50. The van der Waals surface area contributed by atoms with E-state index in [-0.39, 0.29) is 11.4 Å². The lowest BCUT2D eigenvalue weighted by molar-refractivity contribution is 0.144. The van der Waals surface area contributed by atoms with E-state index in [1.165, 1.54) is 6.07 Å². The number of nitrogens with one attached hydrogen (secondary N) is 1. The summed E-state index contributed by atoms with van der Waals surface area (Å²) in [5.41, 5.74) is 6.69. The minimum absolute atomic E-state index is 0.207. The summed E-state index contributed by atoms with van der Waals surface area (Å²) in [6, 6.07) is 4.81. The highest BCUT2D eigenvalue weighted by atomic mass is 32.2. The van der Waals surface area contributed by atoms with Gasteiger partial charge in [0.2, 0.25) is 10.0 Å². The minimum Gasteiger partial charge on any atom is -0.399 e. The third-order valence-corrected chi connectivity index (χ3v) is 4.11. The Balaban J connectivity index is 2.56. The summed E-state index contributed by atoms with van der Waals surface area (Å²) in [4.78, 5) is 0.207. The van der Waals surface area contributed by atoms with Crippen LogP contribution in [0.2, 0.25) is 0 Å². The van der Waals surface area contributed by atoms with Gasteiger partial charge < -0.3 is 10.5 Å². The van der Waals surface area contributed by atoms with Gasteiger partial charge in [-0.1, -0.05) is 12.1 Å². The maximum absolute atomic E-state index is 12.1. The standard InChI is InChI=1S/C13H20N2O3S/c1-3-4-8-18-9-7-15-19(16,17)13-10-12(14)6-5-11(13)2/h3,5-6,10,15H,1,4,7-9,14H2,2H3. The molecule has 3 N–H and O–H groups in total. The maximum Gasteiger partial charge on any atom is 0.240 e. The Labute approximate surface area is 114 Å². The first-order chi connectivity index (χ1) is 8.97. The number of sulfonamides is 1. The summed E-state index contributed by atoms with van der Waals surface area (Å²) in [6.45, 7) is 6.40. The van der Waals surface area contributed by atoms with Crippen molar-refractivity contribution in [1.82, 2.24) is 4.72 Å². The average Bonchev–Trinajstić information content (AvgIpc) is 2.36. The molecule has 0 aromatic heterocycles. The van der Waals surface area contributed by atoms with Crippen LogP contribution in [0.15, 0.2) is 35.7 Å². The quantitative estimate of drug-likeness (QED) is 0.430. The molecule has 0 aliphatic carbocycles. The summed E-state index contributed by atoms with van der Waals surface area (Å²) in [6.07, 6.45) is 2.50. The van der Waals surface area contributed by atoms with Gasteiger partial charge in [0.1, 0.15) is 0 Å². The van der Waals surface area contributed by atoms with Crippen molar-refractivity contribution in [3.8, 4) is 0 Å². The fourth-order valence-electron chi connectivity index (χ4n) is 1.50. The van der Waals surface area contributed by atoms with Crippen LogP contribution < -0.4 is 10.5 Å². The predicted octanol–water partition coefficient (Wildman–Crippen LogP) is 1.45. The molecule has 0 saturated carbocycles. The summed E-state index contributed by atoms with van der Waals surface area (Å²) in [5.74, 6) is 0. The maximum atomic E-state index is 12.1. The number of hydrogen-bond acceptors (Lipinski definition) is 4. The highest BCUT2D eigenvalue weighted by Gasteiger charge is 2.16. The Morgan fingerprint density at radius 1 is 1.42 bits per heavy atom. The molecule has 1 rings (SSSR count). The number of hydrogen-bond donors (Lipinski definition) is 2. The summed E-state index contributed by atoms with van der Waals surface area (Å²) < 4.78 is 31.8. The van der Waals surface area contributed by atoms with Crippen LogP contribution >= 0.6 is 0 Å². The van der Waals surface area contributed by atoms with Gasteiger partial charge in [-0.05, 0) is 31.0 Å². The van der Waals surface area contributed by atoms with Crippen LogP contribution in [0.5, 0.6) is 0 Å². The van der Waals surface area contributed by atoms with Crippen LogP contribution in [0.3, 0.4) is 0 Å². The first-order valence-electron chi connectivity index (χ1n) is 6.02. The second kappa shape index (κ2) is 7.28. The molecule has 5 nitrogen and oxygen atoms in total. The van der Waals surface area contributed by atoms with Crippen molar-refractivity contribution >= 4 is 15.7 Å². The molecule has 6 heteroatoms. The van der Waals surface area contributed by atoms with Crippen LogP contribution in [0, 0.1) is 6.92 Å². The van der Waals surface area contributed by atoms with Crippen molar-refractivity contribution in [3.05, 3.63) is 36.4 Å². The number of benzene rings is 1. The second-order valence-corrected chi connectivity index (χ2v) is 5.85. The van der Waals surface area contributed by atoms with Crippen LogP contribution in [-0.4, -0.2) is 28.2 Å². The zero-order valence-corrected chi connectivity index (χ0v) is 11.9. The fraction of sp³-hybridized carbons (Fsp3) is 0.385. The van der Waals surface area contributed by atoms with E-state index in [9.17, 15) is 8.42 Å². The number of nitrogens with two attached hydrogens (primary N) is 1. The minimum atomic E-state index is -3.54. The zero-order valence-electron chi connectivity index (χ0n) is 11.1. The Hall–Kier alpha value is -1.37. The van der Waals surface area contributed by atoms with E-state index in [0.717, 1.165) is 6.42 Å². The molecule has 0 bridgehead atoms. The molecule has 19 heavy (non-hydrogen) atoms. The number of ether oxygens (including phenoxy) is 1. The van der Waals surface area contributed by atoms with Crippen LogP contribution in [-0.2, 0) is 14.8 Å². The molecule has 0 saturated heterocycles. The van der Waals surface area contributed by atoms with Crippen LogP contribution in [0.25, 0.3) is 0 Å². The highest BCUT2D eigenvalue weighted by molar-refractivity contribution is 7.89. The third kappa shape index (κ3) is 5.02. The molecule has 106 valence electrons. The Morgan fingerprint density at radius 2 is 2.16 bits per heavy atom.